The van der Waals surface area contributed by atoms with Crippen molar-refractivity contribution in [1.82, 2.24) is 10.2 Å². The van der Waals surface area contributed by atoms with Crippen molar-refractivity contribution in [3.8, 4) is 0 Å². The van der Waals surface area contributed by atoms with Crippen LogP contribution in [0.1, 0.15) is 26.7 Å². The highest BCUT2D eigenvalue weighted by Gasteiger charge is 2.70. The van der Waals surface area contributed by atoms with Crippen LogP contribution in [0.2, 0.25) is 0 Å². The van der Waals surface area contributed by atoms with Gasteiger partial charge in [0.25, 0.3) is 0 Å². The van der Waals surface area contributed by atoms with E-state index in [1.54, 1.807) is 12.4 Å². The summed E-state index contributed by atoms with van der Waals surface area (Å²) in [5, 5.41) is 9.32. The van der Waals surface area contributed by atoms with E-state index in [1.807, 2.05) is 13.8 Å². The van der Waals surface area contributed by atoms with Gasteiger partial charge in [0.1, 0.15) is 5.54 Å². The van der Waals surface area contributed by atoms with Gasteiger partial charge in [0.2, 0.25) is 5.91 Å². The molecule has 6 nitrogen and oxygen atoms in total. The first-order valence-electron chi connectivity index (χ1n) is 6.68. The standard InChI is InChI=1S/C13H20N4O2/c1-12(2)10-9(4-3-5-19-10)13(12,14)11(18)17-8-6-15-16-7-8/h6-7,9-10H,3-5,14H2,1-2H3,(H,15,16)(H,17,18)/t9-,10+,13+/m0/s1. The zero-order valence-electron chi connectivity index (χ0n) is 11.3. The molecule has 0 radical (unpaired) electrons. The van der Waals surface area contributed by atoms with Crippen LogP contribution in [0.3, 0.4) is 0 Å². The highest BCUT2D eigenvalue weighted by atomic mass is 16.5. The van der Waals surface area contributed by atoms with Gasteiger partial charge in [-0.1, -0.05) is 13.8 Å². The summed E-state index contributed by atoms with van der Waals surface area (Å²) in [4.78, 5) is 12.6. The topological polar surface area (TPSA) is 93.0 Å². The van der Waals surface area contributed by atoms with E-state index >= 15 is 0 Å². The lowest BCUT2D eigenvalue weighted by Gasteiger charge is -2.65. The van der Waals surface area contributed by atoms with E-state index < -0.39 is 5.54 Å². The zero-order chi connectivity index (χ0) is 13.7. The molecule has 0 aromatic carbocycles. The summed E-state index contributed by atoms with van der Waals surface area (Å²) in [6.07, 6.45) is 5.21. The van der Waals surface area contributed by atoms with Crippen molar-refractivity contribution in [2.24, 2.45) is 17.1 Å². The van der Waals surface area contributed by atoms with E-state index in [2.05, 4.69) is 15.5 Å². The van der Waals surface area contributed by atoms with E-state index in [0.29, 0.717) is 5.69 Å². The largest absolute Gasteiger partial charge is 0.377 e. The van der Waals surface area contributed by atoms with Crippen molar-refractivity contribution >= 4 is 11.6 Å². The summed E-state index contributed by atoms with van der Waals surface area (Å²) in [6, 6.07) is 0. The lowest BCUT2D eigenvalue weighted by atomic mass is 9.46. The van der Waals surface area contributed by atoms with Crippen molar-refractivity contribution in [2.75, 3.05) is 11.9 Å². The molecule has 2 aliphatic rings. The number of nitrogens with zero attached hydrogens (tertiary/aromatic N) is 1. The molecule has 3 atom stereocenters. The number of nitrogens with two attached hydrogens (primary N) is 1. The predicted molar refractivity (Wildman–Crippen MR) is 70.4 cm³/mol. The van der Waals surface area contributed by atoms with E-state index in [0.717, 1.165) is 19.4 Å². The second-order valence-corrected chi connectivity index (χ2v) is 6.07. The number of hydrogen-bond acceptors (Lipinski definition) is 4. The monoisotopic (exact) mass is 264 g/mol. The van der Waals surface area contributed by atoms with Gasteiger partial charge in [0.05, 0.1) is 18.0 Å². The molecule has 2 fully saturated rings. The first-order valence-corrected chi connectivity index (χ1v) is 6.68. The number of ether oxygens (including phenoxy) is 1. The number of rotatable bonds is 2. The molecule has 1 aliphatic carbocycles. The predicted octanol–water partition coefficient (Wildman–Crippen LogP) is 0.881. The fourth-order valence-corrected chi connectivity index (χ4v) is 3.59. The molecule has 0 bridgehead atoms. The first kappa shape index (κ1) is 12.6. The normalized spacial score (nSPS) is 36.2. The Hall–Kier alpha value is -1.40. The minimum absolute atomic E-state index is 0.0846. The van der Waals surface area contributed by atoms with Crippen LogP contribution in [0.5, 0.6) is 0 Å². The molecule has 1 aromatic rings. The molecule has 1 aliphatic heterocycles. The fraction of sp³-hybridized carbons (Fsp3) is 0.692. The van der Waals surface area contributed by atoms with Crippen molar-refractivity contribution in [3.05, 3.63) is 12.4 Å². The Morgan fingerprint density at radius 1 is 1.63 bits per heavy atom. The second kappa shape index (κ2) is 4.05. The van der Waals surface area contributed by atoms with Crippen molar-refractivity contribution < 1.29 is 9.53 Å². The number of fused-ring (bicyclic) bond motifs is 1. The average Bonchev–Trinajstić information content (AvgIpc) is 2.90. The SMILES string of the molecule is CC1(C)[C@@H]2OCCC[C@@H]2[C@@]1(N)C(=O)Nc1cn[nH]c1. The molecule has 1 aromatic heterocycles. The Bertz CT molecular complexity index is 485. The number of anilines is 1. The summed E-state index contributed by atoms with van der Waals surface area (Å²) in [7, 11) is 0. The molecule has 104 valence electrons. The van der Waals surface area contributed by atoms with Gasteiger partial charge in [-0.05, 0) is 12.8 Å². The maximum atomic E-state index is 12.6. The number of amides is 1. The maximum Gasteiger partial charge on any atom is 0.245 e. The molecule has 1 amide bonds. The number of aromatic nitrogens is 2. The van der Waals surface area contributed by atoms with Gasteiger partial charge in [-0.3, -0.25) is 9.89 Å². The first-order chi connectivity index (χ1) is 8.98. The molecular formula is C13H20N4O2. The van der Waals surface area contributed by atoms with Gasteiger partial charge in [-0.25, -0.2) is 0 Å². The van der Waals surface area contributed by atoms with Crippen molar-refractivity contribution in [3.63, 3.8) is 0 Å². The number of hydrogen-bond donors (Lipinski definition) is 3. The van der Waals surface area contributed by atoms with Crippen LogP contribution in [-0.4, -0.2) is 34.4 Å². The molecule has 19 heavy (non-hydrogen) atoms. The van der Waals surface area contributed by atoms with Crippen LogP contribution in [0.15, 0.2) is 12.4 Å². The summed E-state index contributed by atoms with van der Waals surface area (Å²) in [5.74, 6) is -0.0474. The Morgan fingerprint density at radius 3 is 3.11 bits per heavy atom. The van der Waals surface area contributed by atoms with Crippen molar-refractivity contribution in [1.29, 1.82) is 0 Å². The molecule has 0 unspecified atom stereocenters. The third kappa shape index (κ3) is 1.56. The third-order valence-electron chi connectivity index (χ3n) is 4.82. The Morgan fingerprint density at radius 2 is 2.42 bits per heavy atom. The van der Waals surface area contributed by atoms with Crippen molar-refractivity contribution in [2.45, 2.75) is 38.3 Å². The Balaban J connectivity index is 1.83. The number of nitrogens with one attached hydrogen (secondary N) is 2. The van der Waals surface area contributed by atoms with Crippen LogP contribution in [0, 0.1) is 11.3 Å². The van der Waals surface area contributed by atoms with Gasteiger partial charge in [0, 0.05) is 24.1 Å². The van der Waals surface area contributed by atoms with Gasteiger partial charge < -0.3 is 15.8 Å². The molecule has 4 N–H and O–H groups in total. The molecule has 1 saturated heterocycles. The number of carbonyl (C=O) groups excluding carboxylic acids is 1. The number of carbonyl (C=O) groups is 1. The molecule has 0 spiro atoms. The lowest BCUT2D eigenvalue weighted by Crippen LogP contribution is -2.81. The smallest absolute Gasteiger partial charge is 0.245 e. The lowest BCUT2D eigenvalue weighted by molar-refractivity contribution is -0.222. The Labute approximate surface area is 112 Å². The van der Waals surface area contributed by atoms with E-state index in [-0.39, 0.29) is 23.3 Å². The highest BCUT2D eigenvalue weighted by Crippen LogP contribution is 2.57. The van der Waals surface area contributed by atoms with Crippen LogP contribution in [-0.2, 0) is 9.53 Å². The minimum atomic E-state index is -0.880. The van der Waals surface area contributed by atoms with Gasteiger partial charge in [-0.15, -0.1) is 0 Å². The molecular weight excluding hydrogens is 244 g/mol. The highest BCUT2D eigenvalue weighted by molar-refractivity contribution is 6.00. The summed E-state index contributed by atoms with van der Waals surface area (Å²) >= 11 is 0. The number of H-pyrrole nitrogens is 1. The summed E-state index contributed by atoms with van der Waals surface area (Å²) in [6.45, 7) is 4.78. The number of aromatic amines is 1. The summed E-state index contributed by atoms with van der Waals surface area (Å²) < 4.78 is 5.79. The maximum absolute atomic E-state index is 12.6. The zero-order valence-corrected chi connectivity index (χ0v) is 11.3. The van der Waals surface area contributed by atoms with Gasteiger partial charge >= 0.3 is 0 Å². The molecule has 1 saturated carbocycles. The Kier molecular flexibility index (Phi) is 2.69. The minimum Gasteiger partial charge on any atom is -0.377 e. The molecule has 3 rings (SSSR count). The second-order valence-electron chi connectivity index (χ2n) is 6.07. The van der Waals surface area contributed by atoms with E-state index in [1.165, 1.54) is 0 Å². The summed E-state index contributed by atoms with van der Waals surface area (Å²) in [5.41, 5.74) is 5.88. The van der Waals surface area contributed by atoms with E-state index in [4.69, 9.17) is 10.5 Å². The van der Waals surface area contributed by atoms with E-state index in [9.17, 15) is 4.79 Å². The quantitative estimate of drug-likeness (QED) is 0.739. The fourth-order valence-electron chi connectivity index (χ4n) is 3.59. The molecule has 6 heteroatoms. The van der Waals surface area contributed by atoms with Crippen LogP contribution in [0.4, 0.5) is 5.69 Å². The van der Waals surface area contributed by atoms with Crippen LogP contribution in [0.25, 0.3) is 0 Å². The average molecular weight is 264 g/mol. The van der Waals surface area contributed by atoms with Crippen LogP contribution >= 0.6 is 0 Å². The van der Waals surface area contributed by atoms with Gasteiger partial charge in [0.15, 0.2) is 0 Å². The third-order valence-corrected chi connectivity index (χ3v) is 4.82. The van der Waals surface area contributed by atoms with Crippen LogP contribution < -0.4 is 11.1 Å². The van der Waals surface area contributed by atoms with Gasteiger partial charge in [-0.2, -0.15) is 5.10 Å². The molecule has 2 heterocycles.